The van der Waals surface area contributed by atoms with E-state index in [4.69, 9.17) is 14.2 Å². The summed E-state index contributed by atoms with van der Waals surface area (Å²) in [6.45, 7) is 6.52. The molecule has 2 heterocycles. The lowest BCUT2D eigenvalue weighted by atomic mass is 10.0. The molecule has 12 nitrogen and oxygen atoms in total. The van der Waals surface area contributed by atoms with E-state index in [0.29, 0.717) is 58.9 Å². The maximum atomic E-state index is 15.2. The lowest BCUT2D eigenvalue weighted by Gasteiger charge is -2.36. The fourth-order valence-electron chi connectivity index (χ4n) is 5.17. The first-order valence-electron chi connectivity index (χ1n) is 15.4. The Labute approximate surface area is 258 Å². The zero-order valence-corrected chi connectivity index (χ0v) is 25.8. The van der Waals surface area contributed by atoms with Gasteiger partial charge in [-0.1, -0.05) is 26.2 Å². The Kier molecular flexibility index (Phi) is 14.7. The summed E-state index contributed by atoms with van der Waals surface area (Å²) in [5.41, 5.74) is -0.0245. The van der Waals surface area contributed by atoms with Crippen molar-refractivity contribution in [2.75, 3.05) is 77.8 Å². The summed E-state index contributed by atoms with van der Waals surface area (Å²) in [5.74, 6) is -2.48. The molecule has 4 amide bonds. The van der Waals surface area contributed by atoms with Crippen molar-refractivity contribution in [2.24, 2.45) is 0 Å². The molecule has 0 spiro atoms. The predicted molar refractivity (Wildman–Crippen MR) is 160 cm³/mol. The molecule has 2 aliphatic heterocycles. The number of halogens is 1. The maximum Gasteiger partial charge on any atom is 0.255 e. The van der Waals surface area contributed by atoms with E-state index in [0.717, 1.165) is 24.0 Å². The number of piperidine rings is 1. The summed E-state index contributed by atoms with van der Waals surface area (Å²) in [4.78, 5) is 65.8. The van der Waals surface area contributed by atoms with E-state index in [1.54, 1.807) is 9.80 Å². The normalized spacial score (nSPS) is 17.0. The molecule has 44 heavy (non-hydrogen) atoms. The summed E-state index contributed by atoms with van der Waals surface area (Å²) < 4.78 is 31.8. The SMILES string of the molecule is CCCCCCOCCOCCOCCC(=O)N1CCN(c2cc(C=O)c(C(=O)N(C)C3CCC(=O)NC3=O)cc2F)CC1. The molecular formula is C31H45FN4O8. The van der Waals surface area contributed by atoms with Gasteiger partial charge in [-0.25, -0.2) is 4.39 Å². The van der Waals surface area contributed by atoms with Crippen LogP contribution in [0.3, 0.4) is 0 Å². The van der Waals surface area contributed by atoms with Crippen LogP contribution < -0.4 is 10.2 Å². The average molecular weight is 621 g/mol. The van der Waals surface area contributed by atoms with E-state index in [1.165, 1.54) is 32.4 Å². The molecule has 2 aliphatic rings. The van der Waals surface area contributed by atoms with E-state index in [-0.39, 0.29) is 48.6 Å². The molecule has 0 aliphatic carbocycles. The molecule has 0 bridgehead atoms. The van der Waals surface area contributed by atoms with Crippen LogP contribution in [0.25, 0.3) is 0 Å². The number of nitrogens with zero attached hydrogens (tertiary/aromatic N) is 3. The van der Waals surface area contributed by atoms with Gasteiger partial charge in [-0.2, -0.15) is 0 Å². The van der Waals surface area contributed by atoms with Gasteiger partial charge in [0.2, 0.25) is 17.7 Å². The van der Waals surface area contributed by atoms with Crippen LogP contribution in [0.5, 0.6) is 0 Å². The number of ether oxygens (including phenoxy) is 3. The number of piperazine rings is 1. The molecule has 2 saturated heterocycles. The van der Waals surface area contributed by atoms with E-state index in [1.807, 2.05) is 0 Å². The third kappa shape index (κ3) is 10.3. The Hall–Kier alpha value is -3.42. The van der Waals surface area contributed by atoms with Gasteiger partial charge in [-0.05, 0) is 25.0 Å². The minimum Gasteiger partial charge on any atom is -0.379 e. The Morgan fingerprint density at radius 3 is 2.27 bits per heavy atom. The van der Waals surface area contributed by atoms with Crippen molar-refractivity contribution in [3.8, 4) is 0 Å². The van der Waals surface area contributed by atoms with Gasteiger partial charge < -0.3 is 28.9 Å². The third-order valence-electron chi connectivity index (χ3n) is 7.79. The number of carbonyl (C=O) groups is 5. The second-order valence-corrected chi connectivity index (χ2v) is 10.9. The second kappa shape index (κ2) is 18.4. The topological polar surface area (TPSA) is 135 Å². The summed E-state index contributed by atoms with van der Waals surface area (Å²) in [5, 5.41) is 2.19. The first-order valence-corrected chi connectivity index (χ1v) is 15.4. The van der Waals surface area contributed by atoms with Crippen LogP contribution in [0.15, 0.2) is 12.1 Å². The molecule has 1 aromatic carbocycles. The number of aldehydes is 1. The van der Waals surface area contributed by atoms with E-state index in [9.17, 15) is 24.0 Å². The number of carbonyl (C=O) groups excluding carboxylic acids is 5. The summed E-state index contributed by atoms with van der Waals surface area (Å²) in [7, 11) is 1.38. The van der Waals surface area contributed by atoms with Gasteiger partial charge in [0.25, 0.3) is 5.91 Å². The molecule has 1 atom stereocenters. The molecule has 0 aromatic heterocycles. The van der Waals surface area contributed by atoms with Gasteiger partial charge in [-0.15, -0.1) is 0 Å². The van der Waals surface area contributed by atoms with E-state index < -0.39 is 29.6 Å². The van der Waals surface area contributed by atoms with E-state index in [2.05, 4.69) is 12.2 Å². The summed E-state index contributed by atoms with van der Waals surface area (Å²) in [6.07, 6.45) is 5.61. The Balaban J connectivity index is 1.39. The highest BCUT2D eigenvalue weighted by molar-refractivity contribution is 6.06. The van der Waals surface area contributed by atoms with Gasteiger partial charge >= 0.3 is 0 Å². The van der Waals surface area contributed by atoms with Crippen LogP contribution in [-0.4, -0.2) is 119 Å². The molecular weight excluding hydrogens is 575 g/mol. The minimum atomic E-state index is -0.901. The van der Waals surface area contributed by atoms with E-state index >= 15 is 4.39 Å². The molecule has 13 heteroatoms. The van der Waals surface area contributed by atoms with Gasteiger partial charge in [0.1, 0.15) is 11.9 Å². The number of benzene rings is 1. The largest absolute Gasteiger partial charge is 0.379 e. The number of hydrogen-bond acceptors (Lipinski definition) is 9. The summed E-state index contributed by atoms with van der Waals surface area (Å²) >= 11 is 0. The van der Waals surface area contributed by atoms with Gasteiger partial charge in [0.15, 0.2) is 6.29 Å². The number of imide groups is 1. The summed E-state index contributed by atoms with van der Waals surface area (Å²) in [6, 6.07) is 1.42. The highest BCUT2D eigenvalue weighted by Crippen LogP contribution is 2.26. The number of hydrogen-bond donors (Lipinski definition) is 1. The molecule has 244 valence electrons. The molecule has 1 aromatic rings. The molecule has 1 N–H and O–H groups in total. The number of unbranched alkanes of at least 4 members (excludes halogenated alkanes) is 3. The van der Waals surface area contributed by atoms with Gasteiger partial charge in [0, 0.05) is 51.8 Å². The molecule has 2 fully saturated rings. The fourth-order valence-corrected chi connectivity index (χ4v) is 5.17. The van der Waals surface area contributed by atoms with Crippen molar-refractivity contribution < 1.29 is 42.6 Å². The van der Waals surface area contributed by atoms with Crippen molar-refractivity contribution >= 4 is 35.6 Å². The van der Waals surface area contributed by atoms with Crippen molar-refractivity contribution in [3.63, 3.8) is 0 Å². The quantitative estimate of drug-likeness (QED) is 0.149. The zero-order chi connectivity index (χ0) is 31.9. The van der Waals surface area contributed by atoms with Crippen LogP contribution in [0.1, 0.15) is 72.6 Å². The Bertz CT molecular complexity index is 1140. The maximum absolute atomic E-state index is 15.2. The zero-order valence-electron chi connectivity index (χ0n) is 25.8. The average Bonchev–Trinajstić information content (AvgIpc) is 3.02. The number of rotatable bonds is 18. The van der Waals surface area contributed by atoms with Crippen molar-refractivity contribution in [1.29, 1.82) is 0 Å². The molecule has 3 rings (SSSR count). The highest BCUT2D eigenvalue weighted by atomic mass is 19.1. The molecule has 0 radical (unpaired) electrons. The Morgan fingerprint density at radius 1 is 0.977 bits per heavy atom. The van der Waals surface area contributed by atoms with Crippen LogP contribution in [0.2, 0.25) is 0 Å². The number of anilines is 1. The van der Waals surface area contributed by atoms with Crippen molar-refractivity contribution in [2.45, 2.75) is 57.9 Å². The van der Waals surface area contributed by atoms with Crippen LogP contribution in [0.4, 0.5) is 10.1 Å². The monoisotopic (exact) mass is 620 g/mol. The second-order valence-electron chi connectivity index (χ2n) is 10.9. The lowest BCUT2D eigenvalue weighted by molar-refractivity contribution is -0.136. The minimum absolute atomic E-state index is 0.0138. The molecule has 0 saturated carbocycles. The smallest absolute Gasteiger partial charge is 0.255 e. The number of likely N-dealkylation sites (N-methyl/N-ethyl adjacent to an activating group) is 1. The van der Waals surface area contributed by atoms with Crippen molar-refractivity contribution in [1.82, 2.24) is 15.1 Å². The van der Waals surface area contributed by atoms with Crippen LogP contribution in [0, 0.1) is 5.82 Å². The van der Waals surface area contributed by atoms with Gasteiger partial charge in [0.05, 0.1) is 50.7 Å². The standard InChI is InChI=1S/C31H45FN4O8/c1-3-4-5-6-14-42-16-18-44-19-17-43-15-9-29(39)36-12-10-35(11-13-36)27-20-23(22-37)24(21-25(27)32)31(41)34(2)26-7-8-28(38)33-30(26)40/h20-22,26H,3-19H2,1-2H3,(H,33,38,40). The lowest BCUT2D eigenvalue weighted by Crippen LogP contribution is -2.53. The van der Waals surface area contributed by atoms with Crippen LogP contribution in [-0.2, 0) is 28.6 Å². The van der Waals surface area contributed by atoms with Gasteiger partial charge in [-0.3, -0.25) is 29.3 Å². The van der Waals surface area contributed by atoms with Crippen molar-refractivity contribution in [3.05, 3.63) is 29.1 Å². The third-order valence-corrected chi connectivity index (χ3v) is 7.79. The Morgan fingerprint density at radius 2 is 1.64 bits per heavy atom. The number of nitrogens with one attached hydrogen (secondary N) is 1. The number of amides is 4. The first kappa shape index (κ1) is 35.1. The molecule has 1 unspecified atom stereocenters. The fraction of sp³-hybridized carbons (Fsp3) is 0.645. The highest BCUT2D eigenvalue weighted by Gasteiger charge is 2.34. The van der Waals surface area contributed by atoms with Crippen LogP contribution >= 0.6 is 0 Å². The first-order chi connectivity index (χ1) is 21.3. The predicted octanol–water partition coefficient (Wildman–Crippen LogP) is 2.18.